The SMILES string of the molecule is CSc1c(-c2cccs2)nc2ccccn12. The van der Waals surface area contributed by atoms with E-state index in [1.54, 1.807) is 23.1 Å². The lowest BCUT2D eigenvalue weighted by molar-refractivity contribution is 1.06. The van der Waals surface area contributed by atoms with Crippen molar-refractivity contribution in [1.82, 2.24) is 9.38 Å². The van der Waals surface area contributed by atoms with Gasteiger partial charge in [0.2, 0.25) is 0 Å². The smallest absolute Gasteiger partial charge is 0.138 e. The maximum Gasteiger partial charge on any atom is 0.138 e. The monoisotopic (exact) mass is 246 g/mol. The summed E-state index contributed by atoms with van der Waals surface area (Å²) < 4.78 is 2.14. The molecule has 3 heterocycles. The number of thiophene rings is 1. The number of nitrogens with zero attached hydrogens (tertiary/aromatic N) is 2. The minimum atomic E-state index is 1.01. The highest BCUT2D eigenvalue weighted by Crippen LogP contribution is 2.33. The molecule has 0 bridgehead atoms. The van der Waals surface area contributed by atoms with E-state index in [0.29, 0.717) is 0 Å². The molecule has 0 fully saturated rings. The fraction of sp³-hybridized carbons (Fsp3) is 0.0833. The van der Waals surface area contributed by atoms with Crippen molar-refractivity contribution in [3.8, 4) is 10.6 Å². The molecule has 0 spiro atoms. The van der Waals surface area contributed by atoms with Crippen LogP contribution in [0.3, 0.4) is 0 Å². The van der Waals surface area contributed by atoms with E-state index in [1.165, 1.54) is 9.90 Å². The van der Waals surface area contributed by atoms with E-state index in [9.17, 15) is 0 Å². The predicted octanol–water partition coefficient (Wildman–Crippen LogP) is 3.78. The molecule has 0 amide bonds. The number of imidazole rings is 1. The first-order valence-electron chi connectivity index (χ1n) is 4.95. The molecule has 2 nitrogen and oxygen atoms in total. The van der Waals surface area contributed by atoms with Crippen molar-refractivity contribution in [3.05, 3.63) is 41.9 Å². The Morgan fingerprint density at radius 3 is 2.94 bits per heavy atom. The molecular weight excluding hydrogens is 236 g/mol. The summed E-state index contributed by atoms with van der Waals surface area (Å²) in [5.74, 6) is 0. The molecule has 16 heavy (non-hydrogen) atoms. The Balaban J connectivity index is 2.32. The highest BCUT2D eigenvalue weighted by molar-refractivity contribution is 7.98. The molecule has 0 aliphatic heterocycles. The van der Waals surface area contributed by atoms with Gasteiger partial charge in [-0.05, 0) is 29.8 Å². The molecule has 0 aliphatic rings. The summed E-state index contributed by atoms with van der Waals surface area (Å²) in [6.45, 7) is 0. The summed E-state index contributed by atoms with van der Waals surface area (Å²) in [7, 11) is 0. The summed E-state index contributed by atoms with van der Waals surface area (Å²) in [5, 5.41) is 3.29. The van der Waals surface area contributed by atoms with Crippen LogP contribution in [0.25, 0.3) is 16.2 Å². The van der Waals surface area contributed by atoms with Gasteiger partial charge in [-0.3, -0.25) is 4.40 Å². The zero-order valence-electron chi connectivity index (χ0n) is 8.75. The molecule has 0 aromatic carbocycles. The van der Waals surface area contributed by atoms with Crippen LogP contribution in [0, 0.1) is 0 Å². The lowest BCUT2D eigenvalue weighted by atomic mass is 10.4. The van der Waals surface area contributed by atoms with Crippen molar-refractivity contribution < 1.29 is 0 Å². The minimum Gasteiger partial charge on any atom is -0.294 e. The van der Waals surface area contributed by atoms with Gasteiger partial charge in [-0.25, -0.2) is 4.98 Å². The van der Waals surface area contributed by atoms with Gasteiger partial charge in [-0.1, -0.05) is 12.1 Å². The lowest BCUT2D eigenvalue weighted by Gasteiger charge is -1.98. The van der Waals surface area contributed by atoms with Crippen molar-refractivity contribution in [2.45, 2.75) is 5.03 Å². The van der Waals surface area contributed by atoms with Crippen molar-refractivity contribution in [1.29, 1.82) is 0 Å². The molecule has 3 aromatic rings. The number of hydrogen-bond acceptors (Lipinski definition) is 3. The quantitative estimate of drug-likeness (QED) is 0.640. The normalized spacial score (nSPS) is 11.1. The van der Waals surface area contributed by atoms with Crippen molar-refractivity contribution >= 4 is 28.7 Å². The Hall–Kier alpha value is -1.26. The van der Waals surface area contributed by atoms with E-state index >= 15 is 0 Å². The number of pyridine rings is 1. The average Bonchev–Trinajstić information content (AvgIpc) is 2.95. The predicted molar refractivity (Wildman–Crippen MR) is 70.3 cm³/mol. The van der Waals surface area contributed by atoms with E-state index in [2.05, 4.69) is 39.4 Å². The first kappa shape index (κ1) is 9.93. The van der Waals surface area contributed by atoms with E-state index in [4.69, 9.17) is 0 Å². The summed E-state index contributed by atoms with van der Waals surface area (Å²) in [5.41, 5.74) is 2.10. The second-order valence-corrected chi connectivity index (χ2v) is 5.12. The van der Waals surface area contributed by atoms with Crippen LogP contribution >= 0.6 is 23.1 Å². The third-order valence-electron chi connectivity index (χ3n) is 2.43. The average molecular weight is 246 g/mol. The molecule has 0 atom stereocenters. The van der Waals surface area contributed by atoms with Gasteiger partial charge in [0.15, 0.2) is 0 Å². The number of aromatic nitrogens is 2. The standard InChI is InChI=1S/C12H10N2S2/c1-15-12-11(9-5-4-8-16-9)13-10-6-2-3-7-14(10)12/h2-8H,1H3. The Labute approximate surface area is 102 Å². The van der Waals surface area contributed by atoms with Gasteiger partial charge in [-0.2, -0.15) is 0 Å². The first-order chi connectivity index (χ1) is 7.90. The van der Waals surface area contributed by atoms with Gasteiger partial charge < -0.3 is 0 Å². The van der Waals surface area contributed by atoms with E-state index in [-0.39, 0.29) is 0 Å². The molecule has 0 radical (unpaired) electrons. The van der Waals surface area contributed by atoms with Gasteiger partial charge in [0, 0.05) is 6.20 Å². The zero-order valence-corrected chi connectivity index (χ0v) is 10.4. The second kappa shape index (κ2) is 3.96. The van der Waals surface area contributed by atoms with Crippen LogP contribution in [0.1, 0.15) is 0 Å². The molecule has 0 aliphatic carbocycles. The highest BCUT2D eigenvalue weighted by atomic mass is 32.2. The van der Waals surface area contributed by atoms with E-state index in [1.807, 2.05) is 18.2 Å². The number of fused-ring (bicyclic) bond motifs is 1. The molecule has 0 saturated heterocycles. The van der Waals surface area contributed by atoms with Crippen LogP contribution in [0.5, 0.6) is 0 Å². The fourth-order valence-corrected chi connectivity index (χ4v) is 3.22. The maximum atomic E-state index is 4.68. The van der Waals surface area contributed by atoms with Crippen molar-refractivity contribution in [3.63, 3.8) is 0 Å². The summed E-state index contributed by atoms with van der Waals surface area (Å²) in [4.78, 5) is 5.91. The number of hydrogen-bond donors (Lipinski definition) is 0. The summed E-state index contributed by atoms with van der Waals surface area (Å²) >= 11 is 3.47. The number of rotatable bonds is 2. The van der Waals surface area contributed by atoms with Gasteiger partial charge in [0.05, 0.1) is 4.88 Å². The third kappa shape index (κ3) is 1.45. The van der Waals surface area contributed by atoms with Crippen LogP contribution in [0.2, 0.25) is 0 Å². The highest BCUT2D eigenvalue weighted by Gasteiger charge is 2.12. The molecule has 0 N–H and O–H groups in total. The molecule has 0 saturated carbocycles. The Morgan fingerprint density at radius 2 is 2.19 bits per heavy atom. The molecule has 0 unspecified atom stereocenters. The van der Waals surface area contributed by atoms with Gasteiger partial charge >= 0.3 is 0 Å². The second-order valence-electron chi connectivity index (χ2n) is 3.38. The first-order valence-corrected chi connectivity index (χ1v) is 7.05. The van der Waals surface area contributed by atoms with E-state index in [0.717, 1.165) is 11.3 Å². The van der Waals surface area contributed by atoms with Crippen LogP contribution in [-0.2, 0) is 0 Å². The molecule has 3 aromatic heterocycles. The summed E-state index contributed by atoms with van der Waals surface area (Å²) in [6.07, 6.45) is 4.15. The van der Waals surface area contributed by atoms with Crippen LogP contribution in [-0.4, -0.2) is 15.6 Å². The Bertz CT molecular complexity index is 611. The number of thioether (sulfide) groups is 1. The Kier molecular flexibility index (Phi) is 2.46. The van der Waals surface area contributed by atoms with Crippen LogP contribution < -0.4 is 0 Å². The topological polar surface area (TPSA) is 17.3 Å². The van der Waals surface area contributed by atoms with Crippen LogP contribution in [0.4, 0.5) is 0 Å². The van der Waals surface area contributed by atoms with Gasteiger partial charge in [0.1, 0.15) is 16.4 Å². The molecule has 4 heteroatoms. The van der Waals surface area contributed by atoms with Crippen molar-refractivity contribution in [2.24, 2.45) is 0 Å². The van der Waals surface area contributed by atoms with Crippen molar-refractivity contribution in [2.75, 3.05) is 6.26 Å². The largest absolute Gasteiger partial charge is 0.294 e. The zero-order chi connectivity index (χ0) is 11.0. The Morgan fingerprint density at radius 1 is 1.25 bits per heavy atom. The molecule has 3 rings (SSSR count). The van der Waals surface area contributed by atoms with E-state index < -0.39 is 0 Å². The lowest BCUT2D eigenvalue weighted by Crippen LogP contribution is -1.84. The van der Waals surface area contributed by atoms with Gasteiger partial charge in [-0.15, -0.1) is 23.1 Å². The fourth-order valence-electron chi connectivity index (χ4n) is 1.74. The molecular formula is C12H10N2S2. The maximum absolute atomic E-state index is 4.68. The van der Waals surface area contributed by atoms with Gasteiger partial charge in [0.25, 0.3) is 0 Å². The summed E-state index contributed by atoms with van der Waals surface area (Å²) in [6, 6.07) is 10.3. The third-order valence-corrected chi connectivity index (χ3v) is 4.09. The minimum absolute atomic E-state index is 1.01. The molecule has 80 valence electrons. The van der Waals surface area contributed by atoms with Crippen LogP contribution in [0.15, 0.2) is 46.9 Å².